The molecule has 4 rings (SSSR count). The minimum Gasteiger partial charge on any atom is -0.336 e. The fourth-order valence-electron chi connectivity index (χ4n) is 3.63. The molecule has 0 spiro atoms. The first-order valence-electron chi connectivity index (χ1n) is 10.0. The molecule has 2 heterocycles. The average molecular weight is 383 g/mol. The highest BCUT2D eigenvalue weighted by Crippen LogP contribution is 2.22. The third-order valence-electron chi connectivity index (χ3n) is 5.21. The highest BCUT2D eigenvalue weighted by atomic mass is 16.2. The first-order chi connectivity index (χ1) is 14.3. The largest absolute Gasteiger partial charge is 0.336 e. The molecule has 0 saturated carbocycles. The second-order valence-electron chi connectivity index (χ2n) is 7.26. The molecule has 1 aromatic heterocycles. The summed E-state index contributed by atoms with van der Waals surface area (Å²) in [5.41, 5.74) is 3.95. The molecule has 0 aliphatic carbocycles. The summed E-state index contributed by atoms with van der Waals surface area (Å²) in [6.07, 6.45) is 5.71. The lowest BCUT2D eigenvalue weighted by molar-refractivity contribution is -0.126. The van der Waals surface area contributed by atoms with E-state index >= 15 is 0 Å². The van der Waals surface area contributed by atoms with E-state index in [-0.39, 0.29) is 5.91 Å². The normalized spacial score (nSPS) is 15.3. The second-order valence-corrected chi connectivity index (χ2v) is 7.26. The van der Waals surface area contributed by atoms with Crippen LogP contribution in [0.5, 0.6) is 0 Å². The SMILES string of the molecule is O=C(/C(=C\c1ccccc1)c1ccccc1)N1CCN(Cc2cccnc2)CC1. The van der Waals surface area contributed by atoms with E-state index in [1.165, 1.54) is 5.56 Å². The molecule has 1 fully saturated rings. The Bertz CT molecular complexity index is 947. The van der Waals surface area contributed by atoms with Crippen molar-refractivity contribution in [1.82, 2.24) is 14.8 Å². The van der Waals surface area contributed by atoms with E-state index in [4.69, 9.17) is 0 Å². The van der Waals surface area contributed by atoms with Gasteiger partial charge in [0.25, 0.3) is 5.91 Å². The topological polar surface area (TPSA) is 36.4 Å². The number of rotatable bonds is 5. The number of pyridine rings is 1. The Balaban J connectivity index is 1.48. The van der Waals surface area contributed by atoms with Crippen LogP contribution in [0.4, 0.5) is 0 Å². The summed E-state index contributed by atoms with van der Waals surface area (Å²) in [7, 11) is 0. The summed E-state index contributed by atoms with van der Waals surface area (Å²) in [5, 5.41) is 0. The molecule has 1 amide bonds. The van der Waals surface area contributed by atoms with E-state index in [2.05, 4.69) is 16.0 Å². The van der Waals surface area contributed by atoms with Crippen molar-refractivity contribution >= 4 is 17.6 Å². The maximum Gasteiger partial charge on any atom is 0.254 e. The smallest absolute Gasteiger partial charge is 0.254 e. The van der Waals surface area contributed by atoms with Crippen molar-refractivity contribution < 1.29 is 4.79 Å². The molecule has 1 aliphatic rings. The van der Waals surface area contributed by atoms with E-state index in [9.17, 15) is 4.79 Å². The minimum absolute atomic E-state index is 0.0982. The van der Waals surface area contributed by atoms with Crippen molar-refractivity contribution in [3.8, 4) is 0 Å². The molecule has 2 aromatic carbocycles. The third kappa shape index (κ3) is 4.98. The molecular formula is C25H25N3O. The molecule has 0 bridgehead atoms. The van der Waals surface area contributed by atoms with Gasteiger partial charge in [0.2, 0.25) is 0 Å². The number of carbonyl (C=O) groups excluding carboxylic acids is 1. The van der Waals surface area contributed by atoms with Gasteiger partial charge in [-0.2, -0.15) is 0 Å². The lowest BCUT2D eigenvalue weighted by atomic mass is 10.0. The highest BCUT2D eigenvalue weighted by molar-refractivity contribution is 6.24. The van der Waals surface area contributed by atoms with Gasteiger partial charge < -0.3 is 4.90 Å². The van der Waals surface area contributed by atoms with Gasteiger partial charge in [0.15, 0.2) is 0 Å². The Morgan fingerprint density at radius 3 is 2.21 bits per heavy atom. The van der Waals surface area contributed by atoms with Crippen LogP contribution in [0.2, 0.25) is 0 Å². The van der Waals surface area contributed by atoms with Crippen LogP contribution in [0.25, 0.3) is 11.6 Å². The van der Waals surface area contributed by atoms with Crippen LogP contribution in [-0.4, -0.2) is 46.9 Å². The van der Waals surface area contributed by atoms with Crippen molar-refractivity contribution in [1.29, 1.82) is 0 Å². The van der Waals surface area contributed by atoms with Gasteiger partial charge in [0.05, 0.1) is 0 Å². The lowest BCUT2D eigenvalue weighted by Gasteiger charge is -2.35. The molecule has 0 N–H and O–H groups in total. The number of benzene rings is 2. The van der Waals surface area contributed by atoms with E-state index in [1.807, 2.05) is 83.9 Å². The first-order valence-corrected chi connectivity index (χ1v) is 10.0. The van der Waals surface area contributed by atoms with Crippen molar-refractivity contribution in [2.45, 2.75) is 6.54 Å². The Morgan fingerprint density at radius 1 is 0.862 bits per heavy atom. The van der Waals surface area contributed by atoms with E-state index in [0.717, 1.165) is 49.4 Å². The molecule has 146 valence electrons. The number of hydrogen-bond donors (Lipinski definition) is 0. The number of piperazine rings is 1. The number of amides is 1. The average Bonchev–Trinajstić information content (AvgIpc) is 2.79. The molecular weight excluding hydrogens is 358 g/mol. The Labute approximate surface area is 172 Å². The summed E-state index contributed by atoms with van der Waals surface area (Å²) >= 11 is 0. The van der Waals surface area contributed by atoms with E-state index in [1.54, 1.807) is 6.20 Å². The predicted octanol–water partition coefficient (Wildman–Crippen LogP) is 3.97. The fourth-order valence-corrected chi connectivity index (χ4v) is 3.63. The number of aromatic nitrogens is 1. The zero-order chi connectivity index (χ0) is 19.9. The van der Waals surface area contributed by atoms with E-state index < -0.39 is 0 Å². The van der Waals surface area contributed by atoms with Crippen LogP contribution in [-0.2, 0) is 11.3 Å². The zero-order valence-corrected chi connectivity index (χ0v) is 16.4. The second kappa shape index (κ2) is 9.30. The van der Waals surface area contributed by atoms with Crippen molar-refractivity contribution in [3.63, 3.8) is 0 Å². The van der Waals surface area contributed by atoms with Gasteiger partial charge in [0.1, 0.15) is 0 Å². The molecule has 4 nitrogen and oxygen atoms in total. The van der Waals surface area contributed by atoms with Gasteiger partial charge in [-0.05, 0) is 28.8 Å². The molecule has 1 saturated heterocycles. The van der Waals surface area contributed by atoms with Gasteiger partial charge in [-0.3, -0.25) is 14.7 Å². The predicted molar refractivity (Wildman–Crippen MR) is 117 cm³/mol. The van der Waals surface area contributed by atoms with Crippen molar-refractivity contribution in [2.24, 2.45) is 0 Å². The summed E-state index contributed by atoms with van der Waals surface area (Å²) in [6.45, 7) is 4.08. The zero-order valence-electron chi connectivity index (χ0n) is 16.4. The number of nitrogens with zero attached hydrogens (tertiary/aromatic N) is 3. The van der Waals surface area contributed by atoms with E-state index in [0.29, 0.717) is 0 Å². The molecule has 29 heavy (non-hydrogen) atoms. The Kier molecular flexibility index (Phi) is 6.13. The monoisotopic (exact) mass is 383 g/mol. The van der Waals surface area contributed by atoms with Crippen LogP contribution >= 0.6 is 0 Å². The van der Waals surface area contributed by atoms with Gasteiger partial charge in [-0.15, -0.1) is 0 Å². The molecule has 0 radical (unpaired) electrons. The maximum absolute atomic E-state index is 13.4. The standard InChI is InChI=1S/C25H25N3O/c29-25(28-16-14-27(15-17-28)20-22-10-7-13-26-19-22)24(23-11-5-2-6-12-23)18-21-8-3-1-4-9-21/h1-13,18-19H,14-17,20H2/b24-18-. The number of carbonyl (C=O) groups is 1. The summed E-state index contributed by atoms with van der Waals surface area (Å²) in [6, 6.07) is 24.1. The minimum atomic E-state index is 0.0982. The van der Waals surface area contributed by atoms with Crippen molar-refractivity contribution in [3.05, 3.63) is 102 Å². The Morgan fingerprint density at radius 2 is 1.55 bits per heavy atom. The summed E-state index contributed by atoms with van der Waals surface area (Å²) < 4.78 is 0. The molecule has 0 unspecified atom stereocenters. The van der Waals surface area contributed by atoms with Gasteiger partial charge >= 0.3 is 0 Å². The summed E-state index contributed by atoms with van der Waals surface area (Å²) in [5.74, 6) is 0.0982. The molecule has 3 aromatic rings. The molecule has 4 heteroatoms. The van der Waals surface area contributed by atoms with Gasteiger partial charge in [-0.1, -0.05) is 66.7 Å². The van der Waals surface area contributed by atoms with Gasteiger partial charge in [0, 0.05) is 50.7 Å². The quantitative estimate of drug-likeness (QED) is 0.494. The number of hydrogen-bond acceptors (Lipinski definition) is 3. The first kappa shape index (κ1) is 19.1. The van der Waals surface area contributed by atoms with Crippen LogP contribution in [0, 0.1) is 0 Å². The molecule has 0 atom stereocenters. The van der Waals surface area contributed by atoms with Crippen LogP contribution in [0.3, 0.4) is 0 Å². The fraction of sp³-hybridized carbons (Fsp3) is 0.200. The van der Waals surface area contributed by atoms with Crippen LogP contribution in [0.1, 0.15) is 16.7 Å². The summed E-state index contributed by atoms with van der Waals surface area (Å²) in [4.78, 5) is 21.9. The molecule has 1 aliphatic heterocycles. The third-order valence-corrected chi connectivity index (χ3v) is 5.21. The maximum atomic E-state index is 13.4. The van der Waals surface area contributed by atoms with Gasteiger partial charge in [-0.25, -0.2) is 0 Å². The lowest BCUT2D eigenvalue weighted by Crippen LogP contribution is -2.48. The van der Waals surface area contributed by atoms with Crippen LogP contribution < -0.4 is 0 Å². The van der Waals surface area contributed by atoms with Crippen LogP contribution in [0.15, 0.2) is 85.2 Å². The Hall–Kier alpha value is -3.24. The van der Waals surface area contributed by atoms with Crippen molar-refractivity contribution in [2.75, 3.05) is 26.2 Å². The highest BCUT2D eigenvalue weighted by Gasteiger charge is 2.24.